The van der Waals surface area contributed by atoms with Crippen molar-refractivity contribution in [1.29, 1.82) is 0 Å². The molecule has 0 aliphatic carbocycles. The van der Waals surface area contributed by atoms with E-state index in [1.165, 1.54) is 31.4 Å². The maximum absolute atomic E-state index is 13.9. The number of nitrogens with zero attached hydrogens (tertiary/aromatic N) is 2. The van der Waals surface area contributed by atoms with Crippen LogP contribution in [0.25, 0.3) is 5.70 Å². The molecule has 2 aromatic carbocycles. The van der Waals surface area contributed by atoms with Crippen LogP contribution in [-0.2, 0) is 17.5 Å². The predicted octanol–water partition coefficient (Wildman–Crippen LogP) is 5.02. The summed E-state index contributed by atoms with van der Waals surface area (Å²) in [6.45, 7) is 7.13. The van der Waals surface area contributed by atoms with Gasteiger partial charge < -0.3 is 26.1 Å². The number of aromatic nitrogens is 1. The normalized spacial score (nSPS) is 13.2. The molecule has 2 amide bonds. The first kappa shape index (κ1) is 29.8. The highest BCUT2D eigenvalue weighted by Crippen LogP contribution is 2.40. The molecule has 14 heteroatoms. The van der Waals surface area contributed by atoms with Gasteiger partial charge in [0, 0.05) is 48.7 Å². The fourth-order valence-corrected chi connectivity index (χ4v) is 4.88. The molecule has 1 aliphatic rings. The van der Waals surface area contributed by atoms with E-state index < -0.39 is 17.6 Å². The van der Waals surface area contributed by atoms with Crippen LogP contribution in [0.1, 0.15) is 52.7 Å². The van der Waals surface area contributed by atoms with Crippen molar-refractivity contribution in [2.24, 2.45) is 0 Å². The number of halogens is 3. The van der Waals surface area contributed by atoms with Crippen LogP contribution >= 0.6 is 11.3 Å². The Kier molecular flexibility index (Phi) is 8.85. The Morgan fingerprint density at radius 2 is 1.93 bits per heavy atom. The quantitative estimate of drug-likeness (QED) is 0.236. The first-order valence-corrected chi connectivity index (χ1v) is 13.4. The zero-order valence-corrected chi connectivity index (χ0v) is 23.8. The summed E-state index contributed by atoms with van der Waals surface area (Å²) in [6, 6.07) is 7.34. The molecular weight excluding hydrogens is 559 g/mol. The molecule has 0 saturated heterocycles. The summed E-state index contributed by atoms with van der Waals surface area (Å²) in [5, 5.41) is 10.5. The summed E-state index contributed by atoms with van der Waals surface area (Å²) in [5.41, 5.74) is 7.72. The highest BCUT2D eigenvalue weighted by Gasteiger charge is 2.36. The van der Waals surface area contributed by atoms with Gasteiger partial charge in [-0.05, 0) is 36.8 Å². The summed E-state index contributed by atoms with van der Waals surface area (Å²) in [5.74, 6) is -1.09. The lowest BCUT2D eigenvalue weighted by molar-refractivity contribution is -0.138. The lowest BCUT2D eigenvalue weighted by Gasteiger charge is -2.20. The molecule has 2 heterocycles. The molecule has 5 N–H and O–H groups in total. The van der Waals surface area contributed by atoms with Crippen LogP contribution in [0.4, 0.5) is 29.7 Å². The second-order valence-corrected chi connectivity index (χ2v) is 10.6. The number of hydrogen-bond donors (Lipinski definition) is 5. The zero-order valence-electron chi connectivity index (χ0n) is 23.0. The summed E-state index contributed by atoms with van der Waals surface area (Å²) in [6.07, 6.45) is -1.30. The van der Waals surface area contributed by atoms with Crippen LogP contribution in [-0.4, -0.2) is 29.9 Å². The molecule has 218 valence electrons. The Morgan fingerprint density at radius 3 is 2.59 bits per heavy atom. The van der Waals surface area contributed by atoms with E-state index >= 15 is 0 Å². The monoisotopic (exact) mass is 589 g/mol. The lowest BCUT2D eigenvalue weighted by atomic mass is 10.0. The number of carbonyl (C=O) groups is 2. The van der Waals surface area contributed by atoms with E-state index in [-0.39, 0.29) is 41.1 Å². The van der Waals surface area contributed by atoms with Gasteiger partial charge in [-0.2, -0.15) is 13.2 Å². The van der Waals surface area contributed by atoms with Crippen molar-refractivity contribution in [1.82, 2.24) is 21.3 Å². The van der Waals surface area contributed by atoms with Crippen molar-refractivity contribution in [3.05, 3.63) is 69.9 Å². The Bertz CT molecular complexity index is 1490. The van der Waals surface area contributed by atoms with Crippen molar-refractivity contribution in [2.75, 3.05) is 22.8 Å². The van der Waals surface area contributed by atoms with Gasteiger partial charge in [-0.25, -0.2) is 4.98 Å². The molecule has 0 saturated carbocycles. The number of alkyl halides is 3. The maximum Gasteiger partial charge on any atom is 0.420 e. The van der Waals surface area contributed by atoms with Gasteiger partial charge in [0.2, 0.25) is 5.91 Å². The molecule has 4 rings (SSSR count). The van der Waals surface area contributed by atoms with E-state index in [9.17, 15) is 22.8 Å². The number of aryl methyl sites for hydroxylation is 1. The summed E-state index contributed by atoms with van der Waals surface area (Å²) >= 11 is 1.28. The molecule has 0 spiro atoms. The van der Waals surface area contributed by atoms with Crippen LogP contribution in [0.5, 0.6) is 5.75 Å². The van der Waals surface area contributed by atoms with Crippen molar-refractivity contribution < 1.29 is 27.5 Å². The van der Waals surface area contributed by atoms with Crippen LogP contribution < -0.4 is 36.7 Å². The number of methoxy groups -OCH3 is 1. The molecule has 0 unspecified atom stereocenters. The van der Waals surface area contributed by atoms with Crippen LogP contribution in [0.2, 0.25) is 0 Å². The van der Waals surface area contributed by atoms with Gasteiger partial charge in [-0.1, -0.05) is 31.3 Å². The fourth-order valence-electron chi connectivity index (χ4n) is 4.05. The maximum atomic E-state index is 13.9. The lowest BCUT2D eigenvalue weighted by Crippen LogP contribution is -2.36. The number of nitrogens with one attached hydrogen (secondary N) is 5. The number of thiazole rings is 1. The first-order valence-electron chi connectivity index (χ1n) is 12.6. The zero-order chi connectivity index (χ0) is 29.9. The number of benzene rings is 2. The SMILES string of the molecule is COc1c(CNC(C)C)cc(NC(=O)c2ccc(C)c(N3C=C(c4cnc(NC(C)=O)s4)NN3)c2)cc1C(F)(F)F. The number of rotatable bonds is 9. The largest absolute Gasteiger partial charge is 0.496 e. The van der Waals surface area contributed by atoms with E-state index in [0.29, 0.717) is 16.5 Å². The molecule has 0 radical (unpaired) electrons. The Morgan fingerprint density at radius 1 is 1.17 bits per heavy atom. The minimum absolute atomic E-state index is 0.00544. The van der Waals surface area contributed by atoms with Crippen LogP contribution in [0, 0.1) is 6.92 Å². The summed E-state index contributed by atoms with van der Waals surface area (Å²) in [7, 11) is 1.19. The number of ether oxygens (including phenoxy) is 1. The third-order valence-electron chi connectivity index (χ3n) is 5.99. The Hall–Kier alpha value is -4.14. The molecule has 41 heavy (non-hydrogen) atoms. The smallest absolute Gasteiger partial charge is 0.420 e. The molecule has 1 aliphatic heterocycles. The molecule has 0 atom stereocenters. The number of amides is 2. The highest BCUT2D eigenvalue weighted by molar-refractivity contribution is 7.16. The predicted molar refractivity (Wildman–Crippen MR) is 152 cm³/mol. The summed E-state index contributed by atoms with van der Waals surface area (Å²) in [4.78, 5) is 29.4. The topological polar surface area (TPSA) is 120 Å². The third kappa shape index (κ3) is 7.14. The van der Waals surface area contributed by atoms with E-state index in [1.807, 2.05) is 20.8 Å². The first-order chi connectivity index (χ1) is 19.3. The van der Waals surface area contributed by atoms with Gasteiger partial charge in [0.15, 0.2) is 5.13 Å². The number of carbonyl (C=O) groups excluding carboxylic acids is 2. The summed E-state index contributed by atoms with van der Waals surface area (Å²) < 4.78 is 46.7. The van der Waals surface area contributed by atoms with Crippen molar-refractivity contribution in [3.8, 4) is 5.75 Å². The van der Waals surface area contributed by atoms with E-state index in [1.54, 1.807) is 35.6 Å². The standard InChI is InChI=1S/C27H30F3N7O3S/c1-14(2)31-11-18-8-19(10-20(24(18)40-5)27(28,29)30)34-25(39)17-7-6-15(3)22(9-17)37-13-21(35-36-37)23-12-32-26(41-23)33-16(4)38/h6-10,12-14,31,35-36H,11H2,1-5H3,(H,34,39)(H,32,33,38). The molecule has 1 aromatic heterocycles. The van der Waals surface area contributed by atoms with Gasteiger partial charge >= 0.3 is 6.18 Å². The van der Waals surface area contributed by atoms with Gasteiger partial charge in [0.25, 0.3) is 5.91 Å². The minimum atomic E-state index is -4.69. The second kappa shape index (κ2) is 12.2. The van der Waals surface area contributed by atoms with Gasteiger partial charge in [-0.15, -0.1) is 5.53 Å². The minimum Gasteiger partial charge on any atom is -0.496 e. The average Bonchev–Trinajstić information content (AvgIpc) is 3.56. The number of anilines is 3. The molecule has 0 fully saturated rings. The van der Waals surface area contributed by atoms with Crippen molar-refractivity contribution in [2.45, 2.75) is 46.5 Å². The van der Waals surface area contributed by atoms with Crippen LogP contribution in [0.15, 0.2) is 42.7 Å². The van der Waals surface area contributed by atoms with E-state index in [0.717, 1.165) is 16.5 Å². The molecule has 0 bridgehead atoms. The van der Waals surface area contributed by atoms with Crippen molar-refractivity contribution >= 4 is 45.4 Å². The highest BCUT2D eigenvalue weighted by atomic mass is 32.1. The van der Waals surface area contributed by atoms with Gasteiger partial charge in [-0.3, -0.25) is 14.6 Å². The molecule has 10 nitrogen and oxygen atoms in total. The second-order valence-electron chi connectivity index (χ2n) is 9.57. The molecular formula is C27H30F3N7O3S. The number of hydrogen-bond acceptors (Lipinski definition) is 9. The van der Waals surface area contributed by atoms with Gasteiger partial charge in [0.05, 0.1) is 28.9 Å². The fraction of sp³-hybridized carbons (Fsp3) is 0.296. The van der Waals surface area contributed by atoms with Crippen molar-refractivity contribution in [3.63, 3.8) is 0 Å². The molecule has 3 aromatic rings. The van der Waals surface area contributed by atoms with Gasteiger partial charge in [0.1, 0.15) is 5.75 Å². The van der Waals surface area contributed by atoms with E-state index in [4.69, 9.17) is 4.74 Å². The van der Waals surface area contributed by atoms with E-state index in [2.05, 4.69) is 31.9 Å². The third-order valence-corrected chi connectivity index (χ3v) is 6.93. The van der Waals surface area contributed by atoms with Crippen LogP contribution in [0.3, 0.4) is 0 Å². The number of hydrazine groups is 2. The average molecular weight is 590 g/mol. The Balaban J connectivity index is 1.59. The Labute approximate surface area is 238 Å².